The largest absolute Gasteiger partial charge is 0.121 e. The second kappa shape index (κ2) is 20.1. The van der Waals surface area contributed by atoms with Crippen LogP contribution in [0.3, 0.4) is 0 Å². The third-order valence-corrected chi connectivity index (χ3v) is 20.1. The van der Waals surface area contributed by atoms with E-state index in [9.17, 15) is 0 Å². The molecule has 0 nitrogen and oxygen atoms in total. The molecule has 6 aromatic carbocycles. The van der Waals surface area contributed by atoms with Crippen molar-refractivity contribution in [3.8, 4) is 0 Å². The summed E-state index contributed by atoms with van der Waals surface area (Å²) in [7, 11) is -2.53. The van der Waals surface area contributed by atoms with Crippen molar-refractivity contribution >= 4 is 29.6 Å². The number of allylic oxidation sites excluding steroid dienone is 2. The zero-order valence-electron chi connectivity index (χ0n) is 37.4. The fraction of sp³-hybridized carbons (Fsp3) is 0.322. The Labute approximate surface area is 364 Å². The van der Waals surface area contributed by atoms with Crippen LogP contribution in [0.2, 0.25) is 12.1 Å². The molecule has 1 aliphatic heterocycles. The van der Waals surface area contributed by atoms with Crippen LogP contribution in [0.25, 0.3) is 21.5 Å². The first-order valence-electron chi connectivity index (χ1n) is 23.1. The lowest BCUT2D eigenvalue weighted by molar-refractivity contribution is 0.355. The molecular weight excluding hydrogens is 737 g/mol. The van der Waals surface area contributed by atoms with Gasteiger partial charge in [-0.1, -0.05) is 237 Å². The van der Waals surface area contributed by atoms with Crippen LogP contribution in [-0.2, 0) is 0 Å². The first-order chi connectivity index (χ1) is 29.3. The van der Waals surface area contributed by atoms with E-state index in [0.717, 1.165) is 0 Å². The summed E-state index contributed by atoms with van der Waals surface area (Å²) in [5.74, 6) is 3.14. The van der Waals surface area contributed by atoms with Gasteiger partial charge in [-0.05, 0) is 121 Å². The minimum absolute atomic E-state index is 0.462. The van der Waals surface area contributed by atoms with Crippen LogP contribution >= 0.6 is 0 Å². The zero-order valence-corrected chi connectivity index (χ0v) is 38.4. The van der Waals surface area contributed by atoms with Crippen LogP contribution in [0.4, 0.5) is 0 Å². The normalized spacial score (nSPS) is 16.9. The summed E-state index contributed by atoms with van der Waals surface area (Å²) in [4.78, 5) is 0. The smallest absolute Gasteiger partial charge is 0.0651 e. The third kappa shape index (κ3) is 9.33. The van der Waals surface area contributed by atoms with Crippen LogP contribution in [0.5, 0.6) is 0 Å². The van der Waals surface area contributed by atoms with Gasteiger partial charge in [0.2, 0.25) is 0 Å². The molecule has 1 heterocycles. The van der Waals surface area contributed by atoms with E-state index in [1.807, 2.05) is 0 Å². The van der Waals surface area contributed by atoms with E-state index < -0.39 is 8.07 Å². The van der Waals surface area contributed by atoms with Crippen molar-refractivity contribution in [2.75, 3.05) is 0 Å². The van der Waals surface area contributed by atoms with Gasteiger partial charge in [0, 0.05) is 0 Å². The van der Waals surface area contributed by atoms with Crippen LogP contribution in [0.1, 0.15) is 131 Å². The van der Waals surface area contributed by atoms with Crippen molar-refractivity contribution in [1.82, 2.24) is 0 Å². The van der Waals surface area contributed by atoms with Gasteiger partial charge in [0.25, 0.3) is 0 Å². The van der Waals surface area contributed by atoms with Crippen LogP contribution in [0, 0.1) is 17.8 Å². The molecule has 6 aromatic rings. The van der Waals surface area contributed by atoms with E-state index in [4.69, 9.17) is 0 Å². The highest BCUT2D eigenvalue weighted by Crippen LogP contribution is 2.60. The Morgan fingerprint density at radius 2 is 0.783 bits per heavy atom. The van der Waals surface area contributed by atoms with Crippen molar-refractivity contribution in [1.29, 1.82) is 0 Å². The Morgan fingerprint density at radius 1 is 0.383 bits per heavy atom. The van der Waals surface area contributed by atoms with Crippen LogP contribution in [-0.4, -0.2) is 8.07 Å². The topological polar surface area (TPSA) is 0 Å². The molecule has 1 heteroatoms. The van der Waals surface area contributed by atoms with Crippen molar-refractivity contribution in [2.45, 2.75) is 104 Å². The molecule has 60 heavy (non-hydrogen) atoms. The Balaban J connectivity index is 1.38. The number of hydrogen-bond donors (Lipinski definition) is 0. The maximum atomic E-state index is 2.60. The minimum atomic E-state index is -2.53. The summed E-state index contributed by atoms with van der Waals surface area (Å²) in [6.45, 7) is 17.2. The minimum Gasteiger partial charge on any atom is -0.0651 e. The molecule has 0 fully saturated rings. The van der Waals surface area contributed by atoms with E-state index in [2.05, 4.69) is 224 Å². The summed E-state index contributed by atoms with van der Waals surface area (Å²) in [6.07, 6.45) is 4.73. The van der Waals surface area contributed by atoms with Crippen molar-refractivity contribution < 1.29 is 0 Å². The summed E-state index contributed by atoms with van der Waals surface area (Å²) in [5, 5.41) is 3.28. The Kier molecular flexibility index (Phi) is 14.4. The highest BCUT2D eigenvalue weighted by molar-refractivity contribution is 7.14. The van der Waals surface area contributed by atoms with Gasteiger partial charge in [0.15, 0.2) is 0 Å². The van der Waals surface area contributed by atoms with Crippen molar-refractivity contribution in [3.63, 3.8) is 0 Å². The molecule has 0 N–H and O–H groups in total. The first kappa shape index (κ1) is 43.1. The van der Waals surface area contributed by atoms with Crippen LogP contribution in [0.15, 0.2) is 176 Å². The molecule has 1 aliphatic rings. The van der Waals surface area contributed by atoms with Crippen LogP contribution < -0.4 is 0 Å². The summed E-state index contributed by atoms with van der Waals surface area (Å²) in [6, 6.07) is 69.4. The average Bonchev–Trinajstić information content (AvgIpc) is 3.59. The lowest BCUT2D eigenvalue weighted by atomic mass is 9.74. The highest BCUT2D eigenvalue weighted by atomic mass is 28.3. The average molecular weight is 805 g/mol. The first-order valence-corrected chi connectivity index (χ1v) is 25.5. The van der Waals surface area contributed by atoms with E-state index in [-0.39, 0.29) is 0 Å². The Morgan fingerprint density at radius 3 is 1.22 bits per heavy atom. The molecule has 0 spiro atoms. The zero-order chi connectivity index (χ0) is 42.1. The molecule has 0 saturated carbocycles. The molecule has 6 atom stereocenters. The van der Waals surface area contributed by atoms with Gasteiger partial charge in [0.05, 0.1) is 0 Å². The highest BCUT2D eigenvalue weighted by Gasteiger charge is 2.51. The molecular formula is C59H68Si. The molecule has 7 rings (SSSR count). The molecule has 0 radical (unpaired) electrons. The van der Waals surface area contributed by atoms with Gasteiger partial charge >= 0.3 is 0 Å². The quantitative estimate of drug-likeness (QED) is 0.0759. The van der Waals surface area contributed by atoms with Gasteiger partial charge in [0.1, 0.15) is 8.07 Å². The molecule has 0 aromatic heterocycles. The predicted molar refractivity (Wildman–Crippen MR) is 265 cm³/mol. The number of hydrogen-bond acceptors (Lipinski definition) is 0. The summed E-state index contributed by atoms with van der Waals surface area (Å²) < 4.78 is 0. The molecule has 0 aliphatic carbocycles. The van der Waals surface area contributed by atoms with E-state index >= 15 is 0 Å². The fourth-order valence-corrected chi connectivity index (χ4v) is 17.6. The maximum Gasteiger partial charge on any atom is 0.121 e. The van der Waals surface area contributed by atoms with E-state index in [1.54, 1.807) is 10.4 Å². The van der Waals surface area contributed by atoms with Gasteiger partial charge in [-0.2, -0.15) is 0 Å². The molecule has 6 unspecified atom stereocenters. The van der Waals surface area contributed by atoms with Gasteiger partial charge < -0.3 is 0 Å². The molecule has 308 valence electrons. The number of benzene rings is 6. The lowest BCUT2D eigenvalue weighted by Gasteiger charge is -2.39. The van der Waals surface area contributed by atoms with Gasteiger partial charge in [-0.15, -0.1) is 0 Å². The maximum absolute atomic E-state index is 2.60. The summed E-state index contributed by atoms with van der Waals surface area (Å²) in [5.41, 5.74) is 12.8. The molecule has 0 amide bonds. The van der Waals surface area contributed by atoms with Gasteiger partial charge in [-0.3, -0.25) is 0 Å². The second-order valence-corrected chi connectivity index (χ2v) is 22.3. The van der Waals surface area contributed by atoms with Crippen molar-refractivity contribution in [2.24, 2.45) is 17.8 Å². The standard InChI is InChI=1S/C59H68Si/c1-8-43(3)41-60(42-44(4)35-40-55(47(7)46(6)49-25-15-10-16-26-49)50-38-36-48(37-39-50)45(5)9-2)58(53-31-21-13-22-32-53)56(51-27-17-11-18-28-51)57(52-29-19-12-20-30-52)59(60)54-33-23-14-24-34-54/h10-34,36-39,43-47,55H,8-9,35,40-42H2,1-7H3. The third-order valence-electron chi connectivity index (χ3n) is 14.3. The number of rotatable bonds is 18. The SMILES string of the molecule is CCC(C)C[Si]1(CC(C)CCC(c2ccc(C(C)CC)cc2)C(C)C(C)c2ccccc2)C(c2ccccc2)=C(c2ccccc2)C(c2ccccc2)=C1c1ccccc1. The summed E-state index contributed by atoms with van der Waals surface area (Å²) >= 11 is 0. The van der Waals surface area contributed by atoms with E-state index in [0.29, 0.717) is 35.5 Å². The molecule has 0 saturated heterocycles. The lowest BCUT2D eigenvalue weighted by Crippen LogP contribution is -2.40. The van der Waals surface area contributed by atoms with Gasteiger partial charge in [-0.25, -0.2) is 0 Å². The van der Waals surface area contributed by atoms with E-state index in [1.165, 1.54) is 87.9 Å². The Bertz CT molecular complexity index is 2190. The van der Waals surface area contributed by atoms with Crippen molar-refractivity contribution in [3.05, 3.63) is 215 Å². The predicted octanol–water partition coefficient (Wildman–Crippen LogP) is 16.9. The Hall–Kier alpha value is -4.98. The molecule has 0 bridgehead atoms. The second-order valence-electron chi connectivity index (χ2n) is 18.3. The fourth-order valence-electron chi connectivity index (χ4n) is 10.5. The monoisotopic (exact) mass is 805 g/mol.